The predicted molar refractivity (Wildman–Crippen MR) is 72.7 cm³/mol. The van der Waals surface area contributed by atoms with Crippen LogP contribution in [-0.4, -0.2) is 12.8 Å². The van der Waals surface area contributed by atoms with E-state index in [9.17, 15) is 0 Å². The molecule has 0 amide bonds. The van der Waals surface area contributed by atoms with Crippen LogP contribution in [0.4, 0.5) is 0 Å². The van der Waals surface area contributed by atoms with Crippen LogP contribution in [0.3, 0.4) is 0 Å². The van der Waals surface area contributed by atoms with Gasteiger partial charge in [0.15, 0.2) is 0 Å². The van der Waals surface area contributed by atoms with E-state index in [1.807, 2.05) is 37.4 Å². The van der Waals surface area contributed by atoms with E-state index >= 15 is 0 Å². The van der Waals surface area contributed by atoms with E-state index in [2.05, 4.69) is 5.32 Å². The zero-order valence-electron chi connectivity index (χ0n) is 9.52. The molecule has 0 saturated heterocycles. The molecule has 17 heavy (non-hydrogen) atoms. The number of furan rings is 1. The third-order valence-corrected chi connectivity index (χ3v) is 3.88. The van der Waals surface area contributed by atoms with Crippen molar-refractivity contribution in [2.24, 2.45) is 0 Å². The molecule has 0 fully saturated rings. The quantitative estimate of drug-likeness (QED) is 0.830. The third kappa shape index (κ3) is 3.53. The van der Waals surface area contributed by atoms with E-state index < -0.39 is 0 Å². The molecular formula is C13H14ClNOS. The van der Waals surface area contributed by atoms with Gasteiger partial charge in [0.05, 0.1) is 12.5 Å². The largest absolute Gasteiger partial charge is 0.472 e. The van der Waals surface area contributed by atoms with Crippen LogP contribution in [0, 0.1) is 0 Å². The molecular weight excluding hydrogens is 254 g/mol. The molecule has 90 valence electrons. The van der Waals surface area contributed by atoms with Gasteiger partial charge in [-0.3, -0.25) is 0 Å². The summed E-state index contributed by atoms with van der Waals surface area (Å²) >= 11 is 7.65. The Kier molecular flexibility index (Phi) is 4.54. The van der Waals surface area contributed by atoms with Gasteiger partial charge in [0.25, 0.3) is 0 Å². The van der Waals surface area contributed by atoms with E-state index in [0.29, 0.717) is 6.04 Å². The first-order valence-electron chi connectivity index (χ1n) is 5.37. The zero-order chi connectivity index (χ0) is 12.1. The summed E-state index contributed by atoms with van der Waals surface area (Å²) in [7, 11) is 1.96. The van der Waals surface area contributed by atoms with Crippen LogP contribution in [0.2, 0.25) is 5.02 Å². The van der Waals surface area contributed by atoms with Crippen LogP contribution in [0.15, 0.2) is 52.2 Å². The lowest BCUT2D eigenvalue weighted by atomic mass is 10.2. The molecule has 0 spiro atoms. The summed E-state index contributed by atoms with van der Waals surface area (Å²) in [5.74, 6) is 0.956. The molecule has 2 rings (SSSR count). The lowest BCUT2D eigenvalue weighted by Gasteiger charge is -2.13. The van der Waals surface area contributed by atoms with Gasteiger partial charge in [0, 0.05) is 27.3 Å². The summed E-state index contributed by atoms with van der Waals surface area (Å²) in [6, 6.07) is 10.2. The first-order chi connectivity index (χ1) is 8.29. The van der Waals surface area contributed by atoms with Gasteiger partial charge in [0.2, 0.25) is 0 Å². The summed E-state index contributed by atoms with van der Waals surface area (Å²) in [4.78, 5) is 1.22. The molecule has 0 aliphatic carbocycles. The van der Waals surface area contributed by atoms with Gasteiger partial charge >= 0.3 is 0 Å². The highest BCUT2D eigenvalue weighted by Gasteiger charge is 2.10. The van der Waals surface area contributed by atoms with Crippen molar-refractivity contribution in [2.75, 3.05) is 12.8 Å². The van der Waals surface area contributed by atoms with Crippen molar-refractivity contribution >= 4 is 23.4 Å². The minimum absolute atomic E-state index is 0.300. The highest BCUT2D eigenvalue weighted by molar-refractivity contribution is 7.99. The van der Waals surface area contributed by atoms with Gasteiger partial charge in [-0.15, -0.1) is 11.8 Å². The Morgan fingerprint density at radius 3 is 2.65 bits per heavy atom. The Morgan fingerprint density at radius 1 is 1.29 bits per heavy atom. The standard InChI is InChI=1S/C13H14ClNOS/c1-15-13(10-6-7-16-8-10)9-17-12-4-2-11(14)3-5-12/h2-8,13,15H,9H2,1H3. The Hall–Kier alpha value is -0.900. The molecule has 0 radical (unpaired) electrons. The van der Waals surface area contributed by atoms with Crippen LogP contribution in [0.25, 0.3) is 0 Å². The average molecular weight is 268 g/mol. The van der Waals surface area contributed by atoms with Crippen molar-refractivity contribution < 1.29 is 4.42 Å². The predicted octanol–water partition coefficient (Wildman–Crippen LogP) is 3.99. The molecule has 2 nitrogen and oxygen atoms in total. The van der Waals surface area contributed by atoms with Crippen molar-refractivity contribution in [3.8, 4) is 0 Å². The van der Waals surface area contributed by atoms with Gasteiger partial charge in [-0.05, 0) is 37.4 Å². The van der Waals surface area contributed by atoms with Crippen molar-refractivity contribution in [3.05, 3.63) is 53.4 Å². The van der Waals surface area contributed by atoms with Gasteiger partial charge in [-0.2, -0.15) is 0 Å². The molecule has 1 aromatic carbocycles. The highest BCUT2D eigenvalue weighted by Crippen LogP contribution is 2.25. The van der Waals surface area contributed by atoms with Crippen molar-refractivity contribution in [3.63, 3.8) is 0 Å². The smallest absolute Gasteiger partial charge is 0.0950 e. The average Bonchev–Trinajstić information content (AvgIpc) is 2.86. The Labute approximate surface area is 110 Å². The topological polar surface area (TPSA) is 25.2 Å². The lowest BCUT2D eigenvalue weighted by molar-refractivity contribution is 0.555. The first kappa shape index (κ1) is 12.6. The summed E-state index contributed by atoms with van der Waals surface area (Å²) in [6.07, 6.45) is 3.48. The Morgan fingerprint density at radius 2 is 2.06 bits per heavy atom. The second-order valence-corrected chi connectivity index (χ2v) is 5.19. The minimum Gasteiger partial charge on any atom is -0.472 e. The molecule has 1 N–H and O–H groups in total. The van der Waals surface area contributed by atoms with Gasteiger partial charge in [-0.25, -0.2) is 0 Å². The maximum atomic E-state index is 5.85. The third-order valence-electron chi connectivity index (χ3n) is 2.52. The van der Waals surface area contributed by atoms with E-state index in [1.54, 1.807) is 24.3 Å². The molecule has 0 saturated carbocycles. The fourth-order valence-corrected chi connectivity index (χ4v) is 2.70. The lowest BCUT2D eigenvalue weighted by Crippen LogP contribution is -2.17. The number of benzene rings is 1. The monoisotopic (exact) mass is 267 g/mol. The molecule has 1 unspecified atom stereocenters. The number of halogens is 1. The van der Waals surface area contributed by atoms with E-state index in [0.717, 1.165) is 10.8 Å². The SMILES string of the molecule is CNC(CSc1ccc(Cl)cc1)c1ccoc1. The van der Waals surface area contributed by atoms with Crippen LogP contribution in [0.5, 0.6) is 0 Å². The number of rotatable bonds is 5. The number of nitrogens with one attached hydrogen (secondary N) is 1. The van der Waals surface area contributed by atoms with Gasteiger partial charge < -0.3 is 9.73 Å². The van der Waals surface area contributed by atoms with E-state index in [-0.39, 0.29) is 0 Å². The van der Waals surface area contributed by atoms with Crippen molar-refractivity contribution in [1.29, 1.82) is 0 Å². The highest BCUT2D eigenvalue weighted by atomic mass is 35.5. The van der Waals surface area contributed by atoms with Crippen LogP contribution in [-0.2, 0) is 0 Å². The molecule has 1 heterocycles. The maximum absolute atomic E-state index is 5.85. The van der Waals surface area contributed by atoms with Crippen LogP contribution < -0.4 is 5.32 Å². The second-order valence-electron chi connectivity index (χ2n) is 3.66. The fraction of sp³-hybridized carbons (Fsp3) is 0.231. The summed E-state index contributed by atoms with van der Waals surface area (Å²) in [5, 5.41) is 4.05. The van der Waals surface area contributed by atoms with Crippen LogP contribution >= 0.6 is 23.4 Å². The molecule has 0 bridgehead atoms. The van der Waals surface area contributed by atoms with E-state index in [4.69, 9.17) is 16.0 Å². The second kappa shape index (κ2) is 6.15. The summed E-state index contributed by atoms with van der Waals surface area (Å²) in [6.45, 7) is 0. The summed E-state index contributed by atoms with van der Waals surface area (Å²) in [5.41, 5.74) is 1.17. The fourth-order valence-electron chi connectivity index (χ4n) is 1.53. The molecule has 0 aliphatic rings. The maximum Gasteiger partial charge on any atom is 0.0950 e. The van der Waals surface area contributed by atoms with Crippen LogP contribution in [0.1, 0.15) is 11.6 Å². The minimum atomic E-state index is 0.300. The van der Waals surface area contributed by atoms with Gasteiger partial charge in [0.1, 0.15) is 0 Å². The van der Waals surface area contributed by atoms with Crippen molar-refractivity contribution in [1.82, 2.24) is 5.32 Å². The zero-order valence-corrected chi connectivity index (χ0v) is 11.1. The first-order valence-corrected chi connectivity index (χ1v) is 6.73. The number of thioether (sulfide) groups is 1. The Balaban J connectivity index is 1.94. The molecule has 0 aliphatic heterocycles. The van der Waals surface area contributed by atoms with E-state index in [1.165, 1.54) is 10.5 Å². The molecule has 1 atom stereocenters. The molecule has 4 heteroatoms. The molecule has 1 aromatic heterocycles. The molecule has 2 aromatic rings. The van der Waals surface area contributed by atoms with Crippen molar-refractivity contribution in [2.45, 2.75) is 10.9 Å². The normalized spacial score (nSPS) is 12.6. The summed E-state index contributed by atoms with van der Waals surface area (Å²) < 4.78 is 5.10. The van der Waals surface area contributed by atoms with Gasteiger partial charge in [-0.1, -0.05) is 11.6 Å². The number of hydrogen-bond donors (Lipinski definition) is 1. The Bertz CT molecular complexity index is 441. The number of hydrogen-bond acceptors (Lipinski definition) is 3.